The van der Waals surface area contributed by atoms with E-state index in [1.165, 1.54) is 12.1 Å². The van der Waals surface area contributed by atoms with Gasteiger partial charge in [-0.3, -0.25) is 9.59 Å². The van der Waals surface area contributed by atoms with E-state index in [1.807, 2.05) is 27.7 Å². The highest BCUT2D eigenvalue weighted by Gasteiger charge is 2.31. The topological polar surface area (TPSA) is 104 Å². The third-order valence-electron chi connectivity index (χ3n) is 5.46. The predicted octanol–water partition coefficient (Wildman–Crippen LogP) is 4.87. The Morgan fingerprint density at radius 1 is 1.15 bits per heavy atom. The SMILES string of the molecule is CCCC(CC(=O)O)NCc1c(C(=O)N[C@@H](C)C(C)C)noc1-c1ccc(C(F)(F)F)cc1. The number of nitrogens with zero attached hydrogens (tertiary/aromatic N) is 1. The summed E-state index contributed by atoms with van der Waals surface area (Å²) in [7, 11) is 0. The Hall–Kier alpha value is -2.88. The maximum absolute atomic E-state index is 12.9. The normalized spacial score (nSPS) is 13.7. The lowest BCUT2D eigenvalue weighted by Gasteiger charge is -2.18. The molecule has 2 rings (SSSR count). The van der Waals surface area contributed by atoms with Crippen molar-refractivity contribution >= 4 is 11.9 Å². The van der Waals surface area contributed by atoms with Crippen molar-refractivity contribution < 1.29 is 32.4 Å². The van der Waals surface area contributed by atoms with Crippen LogP contribution in [0.5, 0.6) is 0 Å². The molecule has 1 aromatic heterocycles. The third-order valence-corrected chi connectivity index (χ3v) is 5.46. The molecule has 0 aliphatic heterocycles. The summed E-state index contributed by atoms with van der Waals surface area (Å²) in [6.07, 6.45) is -3.24. The van der Waals surface area contributed by atoms with Crippen LogP contribution in [0.25, 0.3) is 11.3 Å². The molecule has 2 atom stereocenters. The van der Waals surface area contributed by atoms with Gasteiger partial charge in [0, 0.05) is 29.8 Å². The minimum Gasteiger partial charge on any atom is -0.481 e. The van der Waals surface area contributed by atoms with Crippen molar-refractivity contribution in [2.24, 2.45) is 5.92 Å². The average Bonchev–Trinajstić information content (AvgIpc) is 3.15. The average molecular weight is 470 g/mol. The number of carboxylic acid groups (broad SMARTS) is 1. The van der Waals surface area contributed by atoms with E-state index in [1.54, 1.807) is 0 Å². The molecule has 1 unspecified atom stereocenters. The van der Waals surface area contributed by atoms with Crippen LogP contribution < -0.4 is 10.6 Å². The van der Waals surface area contributed by atoms with E-state index >= 15 is 0 Å². The van der Waals surface area contributed by atoms with Gasteiger partial charge in [-0.1, -0.05) is 44.5 Å². The van der Waals surface area contributed by atoms with Gasteiger partial charge in [0.05, 0.1) is 12.0 Å². The summed E-state index contributed by atoms with van der Waals surface area (Å²) in [5.41, 5.74) is -0.114. The molecule has 0 aliphatic carbocycles. The van der Waals surface area contributed by atoms with Crippen LogP contribution in [0.3, 0.4) is 0 Å². The molecule has 1 aromatic carbocycles. The van der Waals surface area contributed by atoms with Crippen LogP contribution in [0.15, 0.2) is 28.8 Å². The van der Waals surface area contributed by atoms with Crippen molar-refractivity contribution in [1.29, 1.82) is 0 Å². The van der Waals surface area contributed by atoms with Crippen molar-refractivity contribution in [3.05, 3.63) is 41.1 Å². The van der Waals surface area contributed by atoms with Gasteiger partial charge in [-0.25, -0.2) is 0 Å². The lowest BCUT2D eigenvalue weighted by atomic mass is 10.0. The quantitative estimate of drug-likeness (QED) is 0.434. The number of hydrogen-bond acceptors (Lipinski definition) is 5. The zero-order valence-electron chi connectivity index (χ0n) is 19.1. The summed E-state index contributed by atoms with van der Waals surface area (Å²) in [6.45, 7) is 7.74. The van der Waals surface area contributed by atoms with E-state index in [2.05, 4.69) is 15.8 Å². The summed E-state index contributed by atoms with van der Waals surface area (Å²) in [5, 5.41) is 19.0. The molecule has 10 heteroatoms. The van der Waals surface area contributed by atoms with Gasteiger partial charge in [-0.2, -0.15) is 13.2 Å². The van der Waals surface area contributed by atoms with Gasteiger partial charge in [-0.15, -0.1) is 0 Å². The smallest absolute Gasteiger partial charge is 0.416 e. The fourth-order valence-corrected chi connectivity index (χ4v) is 3.21. The molecule has 0 spiro atoms. The Kier molecular flexibility index (Phi) is 9.04. The van der Waals surface area contributed by atoms with Crippen LogP contribution in [-0.2, 0) is 17.5 Å². The molecule has 2 aromatic rings. The fourth-order valence-electron chi connectivity index (χ4n) is 3.21. The Morgan fingerprint density at radius 2 is 1.79 bits per heavy atom. The van der Waals surface area contributed by atoms with Crippen LogP contribution in [-0.4, -0.2) is 34.2 Å². The number of hydrogen-bond donors (Lipinski definition) is 3. The van der Waals surface area contributed by atoms with Gasteiger partial charge in [0.25, 0.3) is 5.91 Å². The highest BCUT2D eigenvalue weighted by atomic mass is 19.4. The second-order valence-corrected chi connectivity index (χ2v) is 8.38. The first-order valence-corrected chi connectivity index (χ1v) is 10.9. The fraction of sp³-hybridized carbons (Fsp3) is 0.522. The Bertz CT molecular complexity index is 939. The molecule has 0 fully saturated rings. The van der Waals surface area contributed by atoms with Crippen molar-refractivity contribution in [1.82, 2.24) is 15.8 Å². The zero-order chi connectivity index (χ0) is 24.8. The molecule has 182 valence electrons. The van der Waals surface area contributed by atoms with Crippen LogP contribution in [0.1, 0.15) is 68.6 Å². The van der Waals surface area contributed by atoms with Crippen molar-refractivity contribution in [3.8, 4) is 11.3 Å². The Morgan fingerprint density at radius 3 is 2.30 bits per heavy atom. The molecule has 7 nitrogen and oxygen atoms in total. The molecule has 0 radical (unpaired) electrons. The first-order valence-electron chi connectivity index (χ1n) is 10.9. The number of aliphatic carboxylic acids is 1. The molecule has 33 heavy (non-hydrogen) atoms. The number of amides is 1. The lowest BCUT2D eigenvalue weighted by Crippen LogP contribution is -2.37. The summed E-state index contributed by atoms with van der Waals surface area (Å²) < 4.78 is 44.2. The number of carboxylic acids is 1. The molecule has 1 heterocycles. The van der Waals surface area contributed by atoms with Crippen LogP contribution in [0, 0.1) is 5.92 Å². The second kappa shape index (κ2) is 11.3. The van der Waals surface area contributed by atoms with Crippen LogP contribution in [0.4, 0.5) is 13.2 Å². The first kappa shape index (κ1) is 26.4. The molecule has 3 N–H and O–H groups in total. The number of benzene rings is 1. The number of alkyl halides is 3. The Labute approximate surface area is 190 Å². The molecule has 1 amide bonds. The van der Waals surface area contributed by atoms with E-state index in [0.29, 0.717) is 17.5 Å². The maximum atomic E-state index is 12.9. The van der Waals surface area contributed by atoms with Crippen molar-refractivity contribution in [2.75, 3.05) is 0 Å². The van der Waals surface area contributed by atoms with Crippen molar-refractivity contribution in [2.45, 2.75) is 71.8 Å². The van der Waals surface area contributed by atoms with Gasteiger partial charge < -0.3 is 20.3 Å². The van der Waals surface area contributed by atoms with Gasteiger partial charge in [0.2, 0.25) is 0 Å². The van der Waals surface area contributed by atoms with Crippen LogP contribution >= 0.6 is 0 Å². The number of halogens is 3. The monoisotopic (exact) mass is 469 g/mol. The largest absolute Gasteiger partial charge is 0.481 e. The number of rotatable bonds is 11. The number of carbonyl (C=O) groups is 2. The van der Waals surface area contributed by atoms with E-state index in [-0.39, 0.29) is 42.4 Å². The zero-order valence-corrected chi connectivity index (χ0v) is 19.1. The van der Waals surface area contributed by atoms with Gasteiger partial charge in [-0.05, 0) is 31.4 Å². The Balaban J connectivity index is 2.40. The summed E-state index contributed by atoms with van der Waals surface area (Å²) >= 11 is 0. The van der Waals surface area contributed by atoms with Crippen molar-refractivity contribution in [3.63, 3.8) is 0 Å². The summed E-state index contributed by atoms with van der Waals surface area (Å²) in [5.74, 6) is -1.11. The molecule has 0 aliphatic rings. The van der Waals surface area contributed by atoms with E-state index in [0.717, 1.165) is 18.6 Å². The standard InChI is InChI=1S/C23H30F3N3O4/c1-5-6-17(11-19(30)31)27-12-18-20(22(32)28-14(4)13(2)3)29-33-21(18)15-7-9-16(10-8-15)23(24,25)26/h7-10,13-14,17,27H,5-6,11-12H2,1-4H3,(H,28,32)(H,30,31)/t14-,17?/m0/s1. The van der Waals surface area contributed by atoms with Crippen LogP contribution in [0.2, 0.25) is 0 Å². The lowest BCUT2D eigenvalue weighted by molar-refractivity contribution is -0.138. The summed E-state index contributed by atoms with van der Waals surface area (Å²) in [6, 6.07) is 3.87. The molecule has 0 saturated heterocycles. The number of aromatic nitrogens is 1. The first-order chi connectivity index (χ1) is 15.4. The minimum absolute atomic E-state index is 0.00970. The number of nitrogens with one attached hydrogen (secondary N) is 2. The van der Waals surface area contributed by atoms with E-state index < -0.39 is 23.6 Å². The maximum Gasteiger partial charge on any atom is 0.416 e. The molecular formula is C23H30F3N3O4. The second-order valence-electron chi connectivity index (χ2n) is 8.38. The minimum atomic E-state index is -4.48. The number of carbonyl (C=O) groups excluding carboxylic acids is 1. The van der Waals surface area contributed by atoms with Gasteiger partial charge in [0.1, 0.15) is 0 Å². The molecular weight excluding hydrogens is 439 g/mol. The van der Waals surface area contributed by atoms with E-state index in [9.17, 15) is 22.8 Å². The van der Waals surface area contributed by atoms with Gasteiger partial charge >= 0.3 is 12.1 Å². The molecule has 0 saturated carbocycles. The summed E-state index contributed by atoms with van der Waals surface area (Å²) in [4.78, 5) is 24.0. The predicted molar refractivity (Wildman–Crippen MR) is 116 cm³/mol. The van der Waals surface area contributed by atoms with Gasteiger partial charge in [0.15, 0.2) is 11.5 Å². The molecule has 0 bridgehead atoms. The highest BCUT2D eigenvalue weighted by molar-refractivity contribution is 5.95. The third kappa shape index (κ3) is 7.31. The highest BCUT2D eigenvalue weighted by Crippen LogP contribution is 2.32. The van der Waals surface area contributed by atoms with E-state index in [4.69, 9.17) is 9.63 Å².